The maximum atomic E-state index is 12.0. The molecule has 0 unspecified atom stereocenters. The van der Waals surface area contributed by atoms with Gasteiger partial charge in [-0.3, -0.25) is 4.79 Å². The zero-order chi connectivity index (χ0) is 12.5. The van der Waals surface area contributed by atoms with Gasteiger partial charge in [-0.1, -0.05) is 12.8 Å². The maximum Gasteiger partial charge on any atom is 0.141 e. The second kappa shape index (κ2) is 4.86. The van der Waals surface area contributed by atoms with Crippen molar-refractivity contribution in [2.45, 2.75) is 57.9 Å². The molecule has 2 rings (SSSR count). The van der Waals surface area contributed by atoms with Gasteiger partial charge in [-0.2, -0.15) is 0 Å². The number of nitrogens with zero attached hydrogens (tertiary/aromatic N) is 1. The molecular formula is C13H20N2OS. The summed E-state index contributed by atoms with van der Waals surface area (Å²) in [5, 5.41) is 0.937. The van der Waals surface area contributed by atoms with E-state index in [-0.39, 0.29) is 11.3 Å². The van der Waals surface area contributed by atoms with E-state index >= 15 is 0 Å². The van der Waals surface area contributed by atoms with Crippen LogP contribution < -0.4 is 5.73 Å². The average molecular weight is 252 g/mol. The van der Waals surface area contributed by atoms with Crippen molar-refractivity contribution in [3.63, 3.8) is 0 Å². The number of Topliss-reactive ketones (excluding diaryl/α,β-unsaturated/α-hetero) is 1. The van der Waals surface area contributed by atoms with Gasteiger partial charge in [-0.05, 0) is 26.7 Å². The molecule has 1 heterocycles. The van der Waals surface area contributed by atoms with Crippen molar-refractivity contribution in [1.82, 2.24) is 4.98 Å². The average Bonchev–Trinajstić information content (AvgIpc) is 2.75. The third-order valence-corrected chi connectivity index (χ3v) is 4.64. The maximum absolute atomic E-state index is 12.0. The third-order valence-electron chi connectivity index (χ3n) is 3.57. The van der Waals surface area contributed by atoms with E-state index in [4.69, 9.17) is 5.73 Å². The summed E-state index contributed by atoms with van der Waals surface area (Å²) >= 11 is 1.63. The lowest BCUT2D eigenvalue weighted by Crippen LogP contribution is -2.39. The first-order valence-electron chi connectivity index (χ1n) is 6.22. The molecule has 1 aliphatic carbocycles. The summed E-state index contributed by atoms with van der Waals surface area (Å²) in [5.74, 6) is 0.239. The van der Waals surface area contributed by atoms with Gasteiger partial charge < -0.3 is 5.73 Å². The summed E-state index contributed by atoms with van der Waals surface area (Å²) < 4.78 is 0. The van der Waals surface area contributed by atoms with Gasteiger partial charge in [0.15, 0.2) is 0 Å². The van der Waals surface area contributed by atoms with Crippen molar-refractivity contribution in [2.24, 2.45) is 5.73 Å². The molecule has 0 bridgehead atoms. The third kappa shape index (κ3) is 3.13. The number of aromatic nitrogens is 1. The molecule has 4 heteroatoms. The molecule has 0 radical (unpaired) electrons. The van der Waals surface area contributed by atoms with Crippen molar-refractivity contribution >= 4 is 17.1 Å². The van der Waals surface area contributed by atoms with Crippen LogP contribution in [0.25, 0.3) is 0 Å². The molecule has 17 heavy (non-hydrogen) atoms. The molecule has 0 saturated heterocycles. The number of nitrogens with two attached hydrogens (primary N) is 1. The van der Waals surface area contributed by atoms with E-state index < -0.39 is 0 Å². The fourth-order valence-corrected chi connectivity index (χ4v) is 3.46. The minimum absolute atomic E-state index is 0.224. The fraction of sp³-hybridized carbons (Fsp3) is 0.692. The smallest absolute Gasteiger partial charge is 0.141 e. The molecule has 3 nitrogen and oxygen atoms in total. The van der Waals surface area contributed by atoms with Crippen molar-refractivity contribution in [1.29, 1.82) is 0 Å². The summed E-state index contributed by atoms with van der Waals surface area (Å²) in [4.78, 5) is 17.6. The summed E-state index contributed by atoms with van der Waals surface area (Å²) in [6, 6.07) is 0. The Kier molecular flexibility index (Phi) is 3.64. The van der Waals surface area contributed by atoms with Crippen molar-refractivity contribution in [3.8, 4) is 0 Å². The molecule has 1 saturated carbocycles. The number of ketones is 1. The Hall–Kier alpha value is -0.740. The molecule has 0 spiro atoms. The van der Waals surface area contributed by atoms with Crippen LogP contribution in [0, 0.1) is 13.8 Å². The molecule has 1 fully saturated rings. The fourth-order valence-electron chi connectivity index (χ4n) is 2.49. The quantitative estimate of drug-likeness (QED) is 0.896. The Morgan fingerprint density at radius 1 is 1.41 bits per heavy atom. The Bertz CT molecular complexity index is 400. The molecule has 1 aromatic heterocycles. The van der Waals surface area contributed by atoms with Crippen LogP contribution in [0.15, 0.2) is 0 Å². The zero-order valence-electron chi connectivity index (χ0n) is 10.6. The summed E-state index contributed by atoms with van der Waals surface area (Å²) in [5.41, 5.74) is 7.03. The lowest BCUT2D eigenvalue weighted by Gasteiger charge is -2.21. The highest BCUT2D eigenvalue weighted by molar-refractivity contribution is 7.11. The summed E-state index contributed by atoms with van der Waals surface area (Å²) in [6.07, 6.45) is 5.30. The van der Waals surface area contributed by atoms with Crippen LogP contribution in [0.2, 0.25) is 0 Å². The van der Waals surface area contributed by atoms with E-state index in [0.29, 0.717) is 12.8 Å². The van der Waals surface area contributed by atoms with Gasteiger partial charge in [-0.15, -0.1) is 11.3 Å². The molecule has 1 aromatic rings. The van der Waals surface area contributed by atoms with Gasteiger partial charge in [-0.25, -0.2) is 4.98 Å². The topological polar surface area (TPSA) is 56.0 Å². The van der Waals surface area contributed by atoms with E-state index in [2.05, 4.69) is 4.98 Å². The van der Waals surface area contributed by atoms with E-state index in [1.54, 1.807) is 11.3 Å². The standard InChI is InChI=1S/C13H20N2OS/c1-9-10(2)17-12(15-9)7-11(16)8-13(14)5-3-4-6-13/h3-8,14H2,1-2H3. The van der Waals surface area contributed by atoms with Gasteiger partial charge in [0.05, 0.1) is 12.1 Å². The van der Waals surface area contributed by atoms with Gasteiger partial charge in [0, 0.05) is 16.8 Å². The van der Waals surface area contributed by atoms with Gasteiger partial charge in [0.1, 0.15) is 10.8 Å². The lowest BCUT2D eigenvalue weighted by molar-refractivity contribution is -0.119. The molecule has 0 aliphatic heterocycles. The van der Waals surface area contributed by atoms with Crippen molar-refractivity contribution < 1.29 is 4.79 Å². The summed E-state index contributed by atoms with van der Waals surface area (Å²) in [7, 11) is 0. The van der Waals surface area contributed by atoms with Crippen LogP contribution in [-0.4, -0.2) is 16.3 Å². The molecule has 1 aliphatic rings. The largest absolute Gasteiger partial charge is 0.325 e. The molecular weight excluding hydrogens is 232 g/mol. The SMILES string of the molecule is Cc1nc(CC(=O)CC2(N)CCCC2)sc1C. The van der Waals surface area contributed by atoms with Crippen LogP contribution >= 0.6 is 11.3 Å². The molecule has 0 aromatic carbocycles. The normalized spacial score (nSPS) is 18.5. The van der Waals surface area contributed by atoms with E-state index in [1.165, 1.54) is 17.7 Å². The van der Waals surface area contributed by atoms with Crippen molar-refractivity contribution in [3.05, 3.63) is 15.6 Å². The predicted molar refractivity (Wildman–Crippen MR) is 70.3 cm³/mol. The molecule has 94 valence electrons. The lowest BCUT2D eigenvalue weighted by atomic mass is 9.91. The van der Waals surface area contributed by atoms with E-state index in [0.717, 1.165) is 23.5 Å². The Morgan fingerprint density at radius 2 is 2.06 bits per heavy atom. The second-order valence-corrected chi connectivity index (χ2v) is 6.50. The minimum atomic E-state index is -0.224. The van der Waals surface area contributed by atoms with Crippen LogP contribution in [0.1, 0.15) is 47.7 Å². The number of hydrogen-bond donors (Lipinski definition) is 1. The van der Waals surface area contributed by atoms with Crippen LogP contribution in [0.5, 0.6) is 0 Å². The number of thiazole rings is 1. The molecule has 2 N–H and O–H groups in total. The highest BCUT2D eigenvalue weighted by atomic mass is 32.1. The minimum Gasteiger partial charge on any atom is -0.325 e. The number of aryl methyl sites for hydroxylation is 2. The first kappa shape index (κ1) is 12.7. The van der Waals surface area contributed by atoms with Crippen molar-refractivity contribution in [2.75, 3.05) is 0 Å². The van der Waals surface area contributed by atoms with Crippen LogP contribution in [0.4, 0.5) is 0 Å². The monoisotopic (exact) mass is 252 g/mol. The Labute approximate surface area is 106 Å². The number of carbonyl (C=O) groups excluding carboxylic acids is 1. The van der Waals surface area contributed by atoms with Crippen LogP contribution in [-0.2, 0) is 11.2 Å². The van der Waals surface area contributed by atoms with Gasteiger partial charge >= 0.3 is 0 Å². The first-order chi connectivity index (χ1) is 7.98. The highest BCUT2D eigenvalue weighted by Gasteiger charge is 2.31. The second-order valence-electron chi connectivity index (χ2n) is 5.21. The van der Waals surface area contributed by atoms with E-state index in [9.17, 15) is 4.79 Å². The Balaban J connectivity index is 1.93. The van der Waals surface area contributed by atoms with Crippen LogP contribution in [0.3, 0.4) is 0 Å². The molecule has 0 amide bonds. The zero-order valence-corrected chi connectivity index (χ0v) is 11.4. The Morgan fingerprint density at radius 3 is 2.59 bits per heavy atom. The number of carbonyl (C=O) groups is 1. The molecule has 0 atom stereocenters. The predicted octanol–water partition coefficient (Wildman–Crippen LogP) is 2.53. The van der Waals surface area contributed by atoms with E-state index in [1.807, 2.05) is 13.8 Å². The number of rotatable bonds is 4. The number of hydrogen-bond acceptors (Lipinski definition) is 4. The first-order valence-corrected chi connectivity index (χ1v) is 7.04. The highest BCUT2D eigenvalue weighted by Crippen LogP contribution is 2.30. The summed E-state index contributed by atoms with van der Waals surface area (Å²) in [6.45, 7) is 4.03. The van der Waals surface area contributed by atoms with Gasteiger partial charge in [0.25, 0.3) is 0 Å². The van der Waals surface area contributed by atoms with Gasteiger partial charge in [0.2, 0.25) is 0 Å².